The number of ether oxygens (including phenoxy) is 1. The Kier molecular flexibility index (Phi) is 4.67. The molecule has 1 heterocycles. The Morgan fingerprint density at radius 2 is 2.04 bits per heavy atom. The highest BCUT2D eigenvalue weighted by Crippen LogP contribution is 2.27. The summed E-state index contributed by atoms with van der Waals surface area (Å²) in [6.45, 7) is 1.64. The first kappa shape index (κ1) is 16.9. The van der Waals surface area contributed by atoms with Crippen molar-refractivity contribution in [3.05, 3.63) is 64.7 Å². The van der Waals surface area contributed by atoms with Gasteiger partial charge in [-0.2, -0.15) is 0 Å². The summed E-state index contributed by atoms with van der Waals surface area (Å²) in [4.78, 5) is 12.4. The van der Waals surface area contributed by atoms with Crippen LogP contribution < -0.4 is 10.1 Å². The average Bonchev–Trinajstić information content (AvgIpc) is 2.97. The lowest BCUT2D eigenvalue weighted by Crippen LogP contribution is -2.14. The van der Waals surface area contributed by atoms with Crippen LogP contribution in [-0.4, -0.2) is 28.0 Å². The number of anilines is 1. The van der Waals surface area contributed by atoms with Gasteiger partial charge in [0.25, 0.3) is 5.91 Å². The van der Waals surface area contributed by atoms with Crippen LogP contribution in [0.15, 0.2) is 42.5 Å². The number of hydrogen-bond donors (Lipinski definition) is 1. The van der Waals surface area contributed by atoms with Gasteiger partial charge in [-0.05, 0) is 37.3 Å². The predicted octanol–water partition coefficient (Wildman–Crippen LogP) is 3.63. The molecular formula is C17H14ClFN4O2. The molecule has 128 valence electrons. The molecule has 8 heteroatoms. The number of carbonyl (C=O) groups is 1. The highest BCUT2D eigenvalue weighted by atomic mass is 35.5. The van der Waals surface area contributed by atoms with Crippen LogP contribution in [0.3, 0.4) is 0 Å². The van der Waals surface area contributed by atoms with E-state index in [1.165, 1.54) is 17.9 Å². The first-order valence-corrected chi connectivity index (χ1v) is 7.71. The van der Waals surface area contributed by atoms with Gasteiger partial charge in [-0.15, -0.1) is 5.10 Å². The highest BCUT2D eigenvalue weighted by molar-refractivity contribution is 6.32. The van der Waals surface area contributed by atoms with Gasteiger partial charge in [0, 0.05) is 5.69 Å². The van der Waals surface area contributed by atoms with Crippen LogP contribution in [0.5, 0.6) is 5.75 Å². The van der Waals surface area contributed by atoms with E-state index in [-0.39, 0.29) is 11.4 Å². The molecule has 1 aromatic heterocycles. The zero-order valence-corrected chi connectivity index (χ0v) is 14.2. The number of carbonyl (C=O) groups excluding carboxylic acids is 1. The average molecular weight is 361 g/mol. The normalized spacial score (nSPS) is 10.6. The second-order valence-corrected chi connectivity index (χ2v) is 5.60. The number of hydrogen-bond acceptors (Lipinski definition) is 4. The Bertz CT molecular complexity index is 942. The largest absolute Gasteiger partial charge is 0.495 e. The van der Waals surface area contributed by atoms with Crippen molar-refractivity contribution in [3.63, 3.8) is 0 Å². The Labute approximate surface area is 148 Å². The summed E-state index contributed by atoms with van der Waals surface area (Å²) in [6, 6.07) is 11.0. The van der Waals surface area contributed by atoms with Crippen molar-refractivity contribution in [2.24, 2.45) is 0 Å². The molecule has 0 saturated heterocycles. The van der Waals surface area contributed by atoms with E-state index < -0.39 is 11.7 Å². The van der Waals surface area contributed by atoms with Crippen LogP contribution in [0.2, 0.25) is 5.02 Å². The quantitative estimate of drug-likeness (QED) is 0.771. The molecule has 1 amide bonds. The van der Waals surface area contributed by atoms with Crippen molar-refractivity contribution >= 4 is 23.2 Å². The van der Waals surface area contributed by atoms with Gasteiger partial charge in [-0.1, -0.05) is 28.9 Å². The van der Waals surface area contributed by atoms with Gasteiger partial charge in [0.15, 0.2) is 5.69 Å². The zero-order valence-electron chi connectivity index (χ0n) is 13.5. The van der Waals surface area contributed by atoms with E-state index in [9.17, 15) is 9.18 Å². The van der Waals surface area contributed by atoms with E-state index in [0.29, 0.717) is 22.2 Å². The smallest absolute Gasteiger partial charge is 0.278 e. The topological polar surface area (TPSA) is 69.0 Å². The van der Waals surface area contributed by atoms with Crippen molar-refractivity contribution in [1.29, 1.82) is 0 Å². The minimum atomic E-state index is -0.471. The van der Waals surface area contributed by atoms with Crippen LogP contribution in [0.1, 0.15) is 16.2 Å². The van der Waals surface area contributed by atoms with Gasteiger partial charge in [0.1, 0.15) is 17.3 Å². The Morgan fingerprint density at radius 1 is 1.28 bits per heavy atom. The summed E-state index contributed by atoms with van der Waals surface area (Å²) in [5.74, 6) is -0.424. The summed E-state index contributed by atoms with van der Waals surface area (Å²) < 4.78 is 20.3. The highest BCUT2D eigenvalue weighted by Gasteiger charge is 2.19. The molecule has 2 aromatic carbocycles. The van der Waals surface area contributed by atoms with E-state index in [2.05, 4.69) is 15.6 Å². The maximum absolute atomic E-state index is 13.9. The Morgan fingerprint density at radius 3 is 2.72 bits per heavy atom. The fourth-order valence-corrected chi connectivity index (χ4v) is 2.58. The third-order valence-electron chi connectivity index (χ3n) is 3.60. The predicted molar refractivity (Wildman–Crippen MR) is 92.0 cm³/mol. The molecule has 0 atom stereocenters. The summed E-state index contributed by atoms with van der Waals surface area (Å²) in [5.41, 5.74) is 1.21. The van der Waals surface area contributed by atoms with Crippen LogP contribution in [0, 0.1) is 12.7 Å². The third-order valence-corrected chi connectivity index (χ3v) is 3.90. The molecule has 6 nitrogen and oxygen atoms in total. The van der Waals surface area contributed by atoms with Gasteiger partial charge in [-0.25, -0.2) is 9.07 Å². The molecule has 0 aliphatic rings. The Hall–Kier alpha value is -2.93. The first-order chi connectivity index (χ1) is 12.0. The fourth-order valence-electron chi connectivity index (χ4n) is 2.33. The molecule has 0 radical (unpaired) electrons. The summed E-state index contributed by atoms with van der Waals surface area (Å²) in [6.07, 6.45) is 0. The maximum atomic E-state index is 13.9. The van der Waals surface area contributed by atoms with Crippen molar-refractivity contribution in [3.8, 4) is 11.4 Å². The van der Waals surface area contributed by atoms with Crippen molar-refractivity contribution < 1.29 is 13.9 Å². The third kappa shape index (κ3) is 3.32. The fraction of sp³-hybridized carbons (Fsp3) is 0.118. The monoisotopic (exact) mass is 360 g/mol. The molecule has 0 spiro atoms. The van der Waals surface area contributed by atoms with E-state index in [4.69, 9.17) is 16.3 Å². The van der Waals surface area contributed by atoms with Gasteiger partial charge in [0.2, 0.25) is 0 Å². The SMILES string of the molecule is COc1ccc(NC(=O)c2nnn(-c3ccccc3F)c2C)cc1Cl. The first-order valence-electron chi connectivity index (χ1n) is 7.33. The van der Waals surface area contributed by atoms with E-state index in [1.807, 2.05) is 0 Å². The molecule has 3 rings (SSSR count). The van der Waals surface area contributed by atoms with Crippen LogP contribution in [-0.2, 0) is 0 Å². The van der Waals surface area contributed by atoms with Crippen molar-refractivity contribution in [2.45, 2.75) is 6.92 Å². The minimum absolute atomic E-state index is 0.0928. The molecule has 0 aliphatic heterocycles. The van der Waals surface area contributed by atoms with E-state index in [0.717, 1.165) is 0 Å². The number of rotatable bonds is 4. The number of benzene rings is 2. The van der Waals surface area contributed by atoms with Crippen molar-refractivity contribution in [2.75, 3.05) is 12.4 Å². The number of halogens is 2. The molecule has 0 fully saturated rings. The number of amides is 1. The Balaban J connectivity index is 1.87. The van der Waals surface area contributed by atoms with Crippen LogP contribution >= 0.6 is 11.6 Å². The van der Waals surface area contributed by atoms with Gasteiger partial charge in [-0.3, -0.25) is 4.79 Å². The number of nitrogens with one attached hydrogen (secondary N) is 1. The summed E-state index contributed by atoms with van der Waals surface area (Å²) in [5, 5.41) is 10.8. The van der Waals surface area contributed by atoms with Crippen LogP contribution in [0.25, 0.3) is 5.69 Å². The second kappa shape index (κ2) is 6.90. The molecule has 25 heavy (non-hydrogen) atoms. The summed E-state index contributed by atoms with van der Waals surface area (Å²) >= 11 is 6.04. The molecule has 1 N–H and O–H groups in total. The maximum Gasteiger partial charge on any atom is 0.278 e. The standard InChI is InChI=1S/C17H14ClFN4O2/c1-10-16(21-22-23(10)14-6-4-3-5-13(14)19)17(24)20-11-7-8-15(25-2)12(18)9-11/h3-9H,1-2H3,(H,20,24). The lowest BCUT2D eigenvalue weighted by atomic mass is 10.2. The molecule has 0 bridgehead atoms. The molecule has 3 aromatic rings. The van der Waals surface area contributed by atoms with Gasteiger partial charge in [0.05, 0.1) is 17.8 Å². The molecular weight excluding hydrogens is 347 g/mol. The second-order valence-electron chi connectivity index (χ2n) is 5.19. The van der Waals surface area contributed by atoms with Gasteiger partial charge >= 0.3 is 0 Å². The van der Waals surface area contributed by atoms with E-state index in [1.54, 1.807) is 43.3 Å². The number of para-hydroxylation sites is 1. The minimum Gasteiger partial charge on any atom is -0.495 e. The van der Waals surface area contributed by atoms with Crippen LogP contribution in [0.4, 0.5) is 10.1 Å². The number of aromatic nitrogens is 3. The van der Waals surface area contributed by atoms with E-state index >= 15 is 0 Å². The molecule has 0 unspecified atom stereocenters. The number of methoxy groups -OCH3 is 1. The van der Waals surface area contributed by atoms with Gasteiger partial charge < -0.3 is 10.1 Å². The summed E-state index contributed by atoms with van der Waals surface area (Å²) in [7, 11) is 1.50. The molecule has 0 aliphatic carbocycles. The molecule has 0 saturated carbocycles. The lowest BCUT2D eigenvalue weighted by Gasteiger charge is -2.08. The number of nitrogens with zero attached hydrogens (tertiary/aromatic N) is 3. The van der Waals surface area contributed by atoms with Crippen molar-refractivity contribution in [1.82, 2.24) is 15.0 Å². The lowest BCUT2D eigenvalue weighted by molar-refractivity contribution is 0.102. The zero-order chi connectivity index (χ0) is 18.0.